The Balaban J connectivity index is 2.09. The second kappa shape index (κ2) is 6.46. The second-order valence-corrected chi connectivity index (χ2v) is 6.98. The third kappa shape index (κ3) is 3.36. The molecule has 2 N–H and O–H groups in total. The lowest BCUT2D eigenvalue weighted by Gasteiger charge is -2.45. The van der Waals surface area contributed by atoms with Gasteiger partial charge in [0.1, 0.15) is 0 Å². The van der Waals surface area contributed by atoms with Gasteiger partial charge >= 0.3 is 0 Å². The van der Waals surface area contributed by atoms with Gasteiger partial charge in [-0.25, -0.2) is 0 Å². The fraction of sp³-hybridized carbons (Fsp3) is 0.647. The first-order valence-corrected chi connectivity index (χ1v) is 8.02. The maximum absolute atomic E-state index is 6.11. The Labute approximate surface area is 128 Å². The molecule has 0 saturated heterocycles. The Kier molecular flexibility index (Phi) is 5.11. The summed E-state index contributed by atoms with van der Waals surface area (Å²) in [6.07, 6.45) is 5.34. The van der Waals surface area contributed by atoms with Crippen molar-refractivity contribution in [2.24, 2.45) is 11.7 Å². The molecule has 1 saturated carbocycles. The summed E-state index contributed by atoms with van der Waals surface area (Å²) < 4.78 is 0. The highest BCUT2D eigenvalue weighted by Gasteiger charge is 2.35. The van der Waals surface area contributed by atoms with Gasteiger partial charge in [0.2, 0.25) is 0 Å². The van der Waals surface area contributed by atoms with E-state index in [2.05, 4.69) is 37.9 Å². The fourth-order valence-corrected chi connectivity index (χ4v) is 3.25. The molecular formula is C17H27ClN2. The first kappa shape index (κ1) is 15.8. The topological polar surface area (TPSA) is 29.3 Å². The van der Waals surface area contributed by atoms with Crippen molar-refractivity contribution < 1.29 is 0 Å². The van der Waals surface area contributed by atoms with Gasteiger partial charge in [-0.1, -0.05) is 43.0 Å². The Morgan fingerprint density at radius 3 is 2.40 bits per heavy atom. The van der Waals surface area contributed by atoms with E-state index in [9.17, 15) is 0 Å². The van der Waals surface area contributed by atoms with Gasteiger partial charge in [-0.05, 0) is 50.9 Å². The minimum absolute atomic E-state index is 0.0736. The molecule has 0 bridgehead atoms. The van der Waals surface area contributed by atoms with Crippen molar-refractivity contribution in [1.29, 1.82) is 0 Å². The lowest BCUT2D eigenvalue weighted by molar-refractivity contribution is 0.0603. The SMILES string of the molecule is CC(c1ccc(Cl)cc1)N(C)C(C)(CN)CC1CCC1. The Morgan fingerprint density at radius 1 is 1.35 bits per heavy atom. The van der Waals surface area contributed by atoms with Crippen LogP contribution in [0.25, 0.3) is 0 Å². The molecule has 1 aromatic carbocycles. The highest BCUT2D eigenvalue weighted by Crippen LogP contribution is 2.38. The van der Waals surface area contributed by atoms with Gasteiger partial charge in [0.15, 0.2) is 0 Å². The van der Waals surface area contributed by atoms with E-state index in [4.69, 9.17) is 17.3 Å². The standard InChI is InChI=1S/C17H27ClN2/c1-13(15-7-9-16(18)10-8-15)20(3)17(2,12-19)11-14-5-4-6-14/h7-10,13-14H,4-6,11-12,19H2,1-3H3. The molecule has 1 aliphatic carbocycles. The molecule has 1 aliphatic rings. The van der Waals surface area contributed by atoms with Gasteiger partial charge in [0.05, 0.1) is 0 Å². The summed E-state index contributed by atoms with van der Waals surface area (Å²) in [6, 6.07) is 8.51. The van der Waals surface area contributed by atoms with E-state index in [0.717, 1.165) is 10.9 Å². The predicted octanol–water partition coefficient (Wildman–Crippen LogP) is 4.24. The minimum Gasteiger partial charge on any atom is -0.329 e. The number of benzene rings is 1. The Hall–Kier alpha value is -0.570. The van der Waals surface area contributed by atoms with Gasteiger partial charge in [0.25, 0.3) is 0 Å². The number of nitrogens with zero attached hydrogens (tertiary/aromatic N) is 1. The lowest BCUT2D eigenvalue weighted by atomic mass is 9.75. The number of hydrogen-bond acceptors (Lipinski definition) is 2. The quantitative estimate of drug-likeness (QED) is 0.850. The van der Waals surface area contributed by atoms with Crippen molar-refractivity contribution in [1.82, 2.24) is 4.90 Å². The van der Waals surface area contributed by atoms with Crippen molar-refractivity contribution in [2.45, 2.75) is 51.1 Å². The Morgan fingerprint density at radius 2 is 1.95 bits per heavy atom. The highest BCUT2D eigenvalue weighted by molar-refractivity contribution is 6.30. The van der Waals surface area contributed by atoms with Crippen LogP contribution in [0.15, 0.2) is 24.3 Å². The molecule has 2 rings (SSSR count). The molecule has 0 amide bonds. The third-order valence-corrected chi connectivity index (χ3v) is 5.43. The summed E-state index contributed by atoms with van der Waals surface area (Å²) in [6.45, 7) is 5.26. The van der Waals surface area contributed by atoms with E-state index < -0.39 is 0 Å². The molecule has 1 fully saturated rings. The first-order chi connectivity index (χ1) is 9.46. The summed E-state index contributed by atoms with van der Waals surface area (Å²) in [5.41, 5.74) is 7.48. The molecule has 2 unspecified atom stereocenters. The predicted molar refractivity (Wildman–Crippen MR) is 87.0 cm³/mol. The highest BCUT2D eigenvalue weighted by atomic mass is 35.5. The molecule has 0 aromatic heterocycles. The molecule has 2 atom stereocenters. The summed E-state index contributed by atoms with van der Waals surface area (Å²) >= 11 is 5.97. The second-order valence-electron chi connectivity index (χ2n) is 6.54. The van der Waals surface area contributed by atoms with E-state index >= 15 is 0 Å². The molecule has 0 heterocycles. The van der Waals surface area contributed by atoms with Crippen LogP contribution in [0.2, 0.25) is 5.02 Å². The largest absolute Gasteiger partial charge is 0.329 e. The van der Waals surface area contributed by atoms with Crippen LogP contribution >= 0.6 is 11.6 Å². The van der Waals surface area contributed by atoms with Gasteiger partial charge in [-0.3, -0.25) is 4.90 Å². The Bertz CT molecular complexity index is 427. The molecule has 2 nitrogen and oxygen atoms in total. The van der Waals surface area contributed by atoms with Crippen molar-refractivity contribution in [3.8, 4) is 0 Å². The van der Waals surface area contributed by atoms with Gasteiger partial charge in [-0.2, -0.15) is 0 Å². The summed E-state index contributed by atoms with van der Waals surface area (Å²) in [5.74, 6) is 0.864. The number of nitrogens with two attached hydrogens (primary N) is 1. The molecule has 0 spiro atoms. The lowest BCUT2D eigenvalue weighted by Crippen LogP contribution is -2.52. The van der Waals surface area contributed by atoms with Crippen LogP contribution in [-0.2, 0) is 0 Å². The average Bonchev–Trinajstić information content (AvgIpc) is 2.42. The van der Waals surface area contributed by atoms with Crippen LogP contribution < -0.4 is 5.73 Å². The summed E-state index contributed by atoms with van der Waals surface area (Å²) in [5, 5.41) is 0.791. The van der Waals surface area contributed by atoms with E-state index in [1.165, 1.54) is 31.2 Å². The van der Waals surface area contributed by atoms with Crippen LogP contribution in [0.4, 0.5) is 0 Å². The number of rotatable bonds is 6. The zero-order valence-electron chi connectivity index (χ0n) is 12.9. The fourth-order valence-electron chi connectivity index (χ4n) is 3.12. The normalized spacial score (nSPS) is 20.5. The van der Waals surface area contributed by atoms with E-state index in [-0.39, 0.29) is 5.54 Å². The molecule has 3 heteroatoms. The van der Waals surface area contributed by atoms with E-state index in [0.29, 0.717) is 12.6 Å². The third-order valence-electron chi connectivity index (χ3n) is 5.18. The number of hydrogen-bond donors (Lipinski definition) is 1. The van der Waals surface area contributed by atoms with Crippen LogP contribution in [-0.4, -0.2) is 24.0 Å². The average molecular weight is 295 g/mol. The molecular weight excluding hydrogens is 268 g/mol. The van der Waals surface area contributed by atoms with E-state index in [1.54, 1.807) is 0 Å². The zero-order chi connectivity index (χ0) is 14.8. The van der Waals surface area contributed by atoms with Crippen LogP contribution in [0.1, 0.15) is 51.1 Å². The number of halogens is 1. The molecule has 1 aromatic rings. The zero-order valence-corrected chi connectivity index (χ0v) is 13.7. The monoisotopic (exact) mass is 294 g/mol. The van der Waals surface area contributed by atoms with Crippen molar-refractivity contribution >= 4 is 11.6 Å². The smallest absolute Gasteiger partial charge is 0.0406 e. The van der Waals surface area contributed by atoms with Gasteiger partial charge < -0.3 is 5.73 Å². The van der Waals surface area contributed by atoms with E-state index in [1.807, 2.05) is 12.1 Å². The van der Waals surface area contributed by atoms with Gasteiger partial charge in [-0.15, -0.1) is 0 Å². The minimum atomic E-state index is 0.0736. The van der Waals surface area contributed by atoms with Crippen LogP contribution in [0.5, 0.6) is 0 Å². The molecule has 0 radical (unpaired) electrons. The molecule has 112 valence electrons. The van der Waals surface area contributed by atoms with Crippen LogP contribution in [0.3, 0.4) is 0 Å². The molecule has 20 heavy (non-hydrogen) atoms. The first-order valence-electron chi connectivity index (χ1n) is 7.65. The number of likely N-dealkylation sites (N-methyl/N-ethyl adjacent to an activating group) is 1. The summed E-state index contributed by atoms with van der Waals surface area (Å²) in [7, 11) is 2.20. The van der Waals surface area contributed by atoms with Crippen LogP contribution in [0, 0.1) is 5.92 Å². The molecule has 0 aliphatic heterocycles. The maximum Gasteiger partial charge on any atom is 0.0406 e. The summed E-state index contributed by atoms with van der Waals surface area (Å²) in [4.78, 5) is 2.44. The maximum atomic E-state index is 6.11. The van der Waals surface area contributed by atoms with Gasteiger partial charge in [0, 0.05) is 23.1 Å². The van der Waals surface area contributed by atoms with Crippen molar-refractivity contribution in [2.75, 3.05) is 13.6 Å². The van der Waals surface area contributed by atoms with Crippen molar-refractivity contribution in [3.63, 3.8) is 0 Å². The van der Waals surface area contributed by atoms with Crippen molar-refractivity contribution in [3.05, 3.63) is 34.9 Å².